The van der Waals surface area contributed by atoms with Crippen LogP contribution < -0.4 is 10.6 Å². The van der Waals surface area contributed by atoms with Crippen molar-refractivity contribution in [3.63, 3.8) is 0 Å². The first kappa shape index (κ1) is 18.4. The van der Waals surface area contributed by atoms with Gasteiger partial charge in [0.05, 0.1) is 18.8 Å². The number of benzene rings is 2. The molecule has 0 bridgehead atoms. The van der Waals surface area contributed by atoms with Crippen molar-refractivity contribution >= 4 is 23.7 Å². The molecule has 1 aromatic heterocycles. The van der Waals surface area contributed by atoms with Crippen molar-refractivity contribution in [3.8, 4) is 0 Å². The fourth-order valence-electron chi connectivity index (χ4n) is 3.03. The van der Waals surface area contributed by atoms with Crippen LogP contribution in [-0.2, 0) is 13.1 Å². The molecule has 0 unspecified atom stereocenters. The molecule has 0 fully saturated rings. The number of aromatic amines is 1. The van der Waals surface area contributed by atoms with Gasteiger partial charge in [-0.1, -0.05) is 24.3 Å². The Hall–Kier alpha value is -4.01. The number of nitrogens with one attached hydrogen (secondary N) is 3. The van der Waals surface area contributed by atoms with Crippen LogP contribution in [0.1, 0.15) is 32.0 Å². The first-order valence-corrected chi connectivity index (χ1v) is 8.79. The van der Waals surface area contributed by atoms with E-state index in [1.807, 2.05) is 0 Å². The third kappa shape index (κ3) is 3.84. The van der Waals surface area contributed by atoms with Crippen molar-refractivity contribution in [2.24, 2.45) is 0 Å². The van der Waals surface area contributed by atoms with Crippen molar-refractivity contribution in [1.82, 2.24) is 20.4 Å². The summed E-state index contributed by atoms with van der Waals surface area (Å²) < 4.78 is 13.3. The summed E-state index contributed by atoms with van der Waals surface area (Å²) in [4.78, 5) is 38.3. The third-order valence-electron chi connectivity index (χ3n) is 4.51. The second kappa shape index (κ2) is 7.55. The van der Waals surface area contributed by atoms with E-state index in [1.165, 1.54) is 23.1 Å². The van der Waals surface area contributed by atoms with E-state index < -0.39 is 23.7 Å². The number of fused-ring (bicyclic) bond motifs is 1. The quantitative estimate of drug-likeness (QED) is 0.636. The Labute approximate surface area is 164 Å². The Morgan fingerprint density at radius 2 is 1.72 bits per heavy atom. The maximum Gasteiger partial charge on any atom is 0.324 e. The second-order valence-electron chi connectivity index (χ2n) is 6.47. The van der Waals surface area contributed by atoms with Crippen LogP contribution in [0.15, 0.2) is 54.6 Å². The van der Waals surface area contributed by atoms with Gasteiger partial charge in [-0.2, -0.15) is 5.10 Å². The number of anilines is 1. The molecule has 9 heteroatoms. The highest BCUT2D eigenvalue weighted by atomic mass is 19.1. The van der Waals surface area contributed by atoms with E-state index in [9.17, 15) is 18.8 Å². The summed E-state index contributed by atoms with van der Waals surface area (Å²) in [6, 6.07) is 13.2. The highest BCUT2D eigenvalue weighted by Crippen LogP contribution is 2.27. The van der Waals surface area contributed by atoms with E-state index >= 15 is 0 Å². The maximum atomic E-state index is 13.3. The van der Waals surface area contributed by atoms with Gasteiger partial charge < -0.3 is 10.2 Å². The first-order valence-electron chi connectivity index (χ1n) is 8.79. The average molecular weight is 393 g/mol. The number of hydrogen-bond donors (Lipinski definition) is 3. The lowest BCUT2D eigenvalue weighted by atomic mass is 10.2. The molecule has 2 heterocycles. The Morgan fingerprint density at radius 1 is 0.966 bits per heavy atom. The molecular weight excluding hydrogens is 377 g/mol. The number of amides is 4. The largest absolute Gasteiger partial charge is 0.324 e. The molecule has 29 heavy (non-hydrogen) atoms. The Balaban J connectivity index is 1.41. The molecule has 4 rings (SSSR count). The molecule has 0 radical (unpaired) electrons. The Bertz CT molecular complexity index is 1100. The zero-order valence-corrected chi connectivity index (χ0v) is 15.1. The zero-order chi connectivity index (χ0) is 20.4. The number of aromatic nitrogens is 2. The molecule has 1 aliphatic rings. The van der Waals surface area contributed by atoms with Gasteiger partial charge in [-0.15, -0.1) is 0 Å². The number of carbonyl (C=O) groups excluding carboxylic acids is 3. The monoisotopic (exact) mass is 393 g/mol. The van der Waals surface area contributed by atoms with Gasteiger partial charge in [0, 0.05) is 16.7 Å². The molecular formula is C20H16FN5O3. The van der Waals surface area contributed by atoms with Crippen LogP contribution >= 0.6 is 0 Å². The standard InChI is InChI=1S/C20H16FN5O3/c21-14-8-4-7-13(9-14)19(28)22-17-15-10-26(11-16(15)24-25-17)20(29)23-18(27)12-5-2-1-3-6-12/h1-9H,10-11H2,(H,23,27,29)(H2,22,24,25,28). The number of nitrogens with zero attached hydrogens (tertiary/aromatic N) is 2. The summed E-state index contributed by atoms with van der Waals surface area (Å²) in [6.45, 7) is 0.355. The Kier molecular flexibility index (Phi) is 4.78. The maximum absolute atomic E-state index is 13.3. The molecule has 0 aliphatic carbocycles. The van der Waals surface area contributed by atoms with Gasteiger partial charge in [0.25, 0.3) is 11.8 Å². The minimum Gasteiger partial charge on any atom is -0.314 e. The van der Waals surface area contributed by atoms with Gasteiger partial charge in [-0.05, 0) is 30.3 Å². The lowest BCUT2D eigenvalue weighted by Gasteiger charge is -2.16. The molecule has 1 aliphatic heterocycles. The molecule has 0 spiro atoms. The fourth-order valence-corrected chi connectivity index (χ4v) is 3.03. The topological polar surface area (TPSA) is 107 Å². The number of imide groups is 1. The van der Waals surface area contributed by atoms with E-state index in [0.717, 1.165) is 6.07 Å². The molecule has 146 valence electrons. The van der Waals surface area contributed by atoms with Gasteiger partial charge >= 0.3 is 6.03 Å². The Morgan fingerprint density at radius 3 is 2.48 bits per heavy atom. The normalized spacial score (nSPS) is 12.4. The summed E-state index contributed by atoms with van der Waals surface area (Å²) in [5.74, 6) is -1.18. The predicted molar refractivity (Wildman–Crippen MR) is 101 cm³/mol. The van der Waals surface area contributed by atoms with Crippen molar-refractivity contribution in [2.75, 3.05) is 5.32 Å². The van der Waals surface area contributed by atoms with Crippen molar-refractivity contribution in [2.45, 2.75) is 13.1 Å². The minimum absolute atomic E-state index is 0.161. The van der Waals surface area contributed by atoms with Crippen molar-refractivity contribution in [1.29, 1.82) is 0 Å². The smallest absolute Gasteiger partial charge is 0.314 e. The second-order valence-corrected chi connectivity index (χ2v) is 6.47. The van der Waals surface area contributed by atoms with Crippen LogP contribution in [0.5, 0.6) is 0 Å². The number of halogens is 1. The fraction of sp³-hybridized carbons (Fsp3) is 0.100. The first-order chi connectivity index (χ1) is 14.0. The van der Waals surface area contributed by atoms with E-state index in [0.29, 0.717) is 22.6 Å². The lowest BCUT2D eigenvalue weighted by molar-refractivity contribution is 0.0950. The SMILES string of the molecule is O=C(NC(=O)N1Cc2n[nH]c(NC(=O)c3cccc(F)c3)c2C1)c1ccccc1. The molecule has 0 atom stereocenters. The number of urea groups is 1. The van der Waals surface area contributed by atoms with Crippen molar-refractivity contribution < 1.29 is 18.8 Å². The van der Waals surface area contributed by atoms with Crippen LogP contribution in [0.4, 0.5) is 15.0 Å². The lowest BCUT2D eigenvalue weighted by Crippen LogP contribution is -2.40. The van der Waals surface area contributed by atoms with Gasteiger partial charge in [0.1, 0.15) is 11.6 Å². The number of H-pyrrole nitrogens is 1. The number of rotatable bonds is 3. The van der Waals surface area contributed by atoms with Crippen molar-refractivity contribution in [3.05, 3.63) is 82.8 Å². The number of hydrogen-bond acceptors (Lipinski definition) is 4. The van der Waals surface area contributed by atoms with Crippen LogP contribution in [0.2, 0.25) is 0 Å². The summed E-state index contributed by atoms with van der Waals surface area (Å²) in [5.41, 5.74) is 1.76. The highest BCUT2D eigenvalue weighted by Gasteiger charge is 2.30. The summed E-state index contributed by atoms with van der Waals surface area (Å²) >= 11 is 0. The molecule has 0 saturated heterocycles. The van der Waals surface area contributed by atoms with E-state index in [1.54, 1.807) is 30.3 Å². The molecule has 8 nitrogen and oxygen atoms in total. The van der Waals surface area contributed by atoms with Crippen LogP contribution in [0.25, 0.3) is 0 Å². The van der Waals surface area contributed by atoms with Crippen LogP contribution in [-0.4, -0.2) is 32.9 Å². The van der Waals surface area contributed by atoms with Crippen LogP contribution in [0.3, 0.4) is 0 Å². The summed E-state index contributed by atoms with van der Waals surface area (Å²) in [6.07, 6.45) is 0. The highest BCUT2D eigenvalue weighted by molar-refractivity contribution is 6.05. The van der Waals surface area contributed by atoms with E-state index in [4.69, 9.17) is 0 Å². The van der Waals surface area contributed by atoms with E-state index in [2.05, 4.69) is 20.8 Å². The van der Waals surface area contributed by atoms with Crippen LogP contribution in [0, 0.1) is 5.82 Å². The average Bonchev–Trinajstić information content (AvgIpc) is 3.30. The summed E-state index contributed by atoms with van der Waals surface area (Å²) in [7, 11) is 0. The summed E-state index contributed by atoms with van der Waals surface area (Å²) in [5, 5.41) is 11.8. The molecule has 2 aromatic carbocycles. The molecule has 3 N–H and O–H groups in total. The predicted octanol–water partition coefficient (Wildman–Crippen LogP) is 2.67. The van der Waals surface area contributed by atoms with E-state index in [-0.39, 0.29) is 18.7 Å². The van der Waals surface area contributed by atoms with Gasteiger partial charge in [-0.25, -0.2) is 9.18 Å². The zero-order valence-electron chi connectivity index (χ0n) is 15.1. The molecule has 3 aromatic rings. The minimum atomic E-state index is -0.556. The van der Waals surface area contributed by atoms with Gasteiger partial charge in [0.15, 0.2) is 0 Å². The molecule has 4 amide bonds. The number of carbonyl (C=O) groups is 3. The third-order valence-corrected chi connectivity index (χ3v) is 4.51. The molecule has 0 saturated carbocycles. The van der Waals surface area contributed by atoms with Gasteiger partial charge in [0.2, 0.25) is 0 Å². The van der Waals surface area contributed by atoms with Gasteiger partial charge in [-0.3, -0.25) is 20.0 Å².